The Bertz CT molecular complexity index is 1130. The molecule has 10 nitrogen and oxygen atoms in total. The van der Waals surface area contributed by atoms with Crippen LogP contribution in [0.3, 0.4) is 0 Å². The smallest absolute Gasteiger partial charge is 0.325 e. The second-order valence-electron chi connectivity index (χ2n) is 7.96. The summed E-state index contributed by atoms with van der Waals surface area (Å²) in [7, 11) is 0. The van der Waals surface area contributed by atoms with Crippen LogP contribution >= 0.6 is 0 Å². The van der Waals surface area contributed by atoms with E-state index in [1.807, 2.05) is 32.0 Å². The van der Waals surface area contributed by atoms with Crippen LogP contribution in [-0.2, 0) is 10.3 Å². The van der Waals surface area contributed by atoms with Gasteiger partial charge in [-0.05, 0) is 60.0 Å². The minimum absolute atomic E-state index is 0.0474. The number of β-amino-alcohol motifs (C(OH)–C–C–N with tert-alkyl or cyclic N) is 1. The van der Waals surface area contributed by atoms with Crippen molar-refractivity contribution in [1.82, 2.24) is 30.4 Å². The van der Waals surface area contributed by atoms with Crippen LogP contribution in [0.4, 0.5) is 4.79 Å². The summed E-state index contributed by atoms with van der Waals surface area (Å²) < 4.78 is 7.22. The highest BCUT2D eigenvalue weighted by atomic mass is 16.5. The molecule has 4 rings (SSSR count). The Balaban J connectivity index is 1.47. The van der Waals surface area contributed by atoms with Gasteiger partial charge in [-0.25, -0.2) is 9.48 Å². The number of nitrogens with one attached hydrogen (secondary N) is 1. The average molecular weight is 436 g/mol. The number of urea groups is 1. The number of aromatic nitrogens is 4. The van der Waals surface area contributed by atoms with Crippen molar-refractivity contribution in [2.45, 2.75) is 32.4 Å². The first kappa shape index (κ1) is 21.4. The number of hydrogen-bond donors (Lipinski definition) is 2. The number of carbonyl (C=O) groups excluding carboxylic acids is 2. The summed E-state index contributed by atoms with van der Waals surface area (Å²) in [5.74, 6) is 0.232. The fourth-order valence-corrected chi connectivity index (χ4v) is 3.77. The number of benzene rings is 2. The van der Waals surface area contributed by atoms with Crippen molar-refractivity contribution in [3.63, 3.8) is 0 Å². The van der Waals surface area contributed by atoms with Crippen LogP contribution in [0.5, 0.6) is 5.75 Å². The Kier molecular flexibility index (Phi) is 5.62. The molecule has 3 amide bonds. The zero-order valence-electron chi connectivity index (χ0n) is 18.0. The molecule has 0 spiro atoms. The van der Waals surface area contributed by atoms with Crippen LogP contribution < -0.4 is 10.1 Å². The van der Waals surface area contributed by atoms with Gasteiger partial charge >= 0.3 is 6.03 Å². The number of aliphatic hydroxyl groups excluding tert-OH is 1. The minimum atomic E-state index is -1.28. The Morgan fingerprint density at radius 3 is 2.56 bits per heavy atom. The van der Waals surface area contributed by atoms with Gasteiger partial charge in [0.15, 0.2) is 0 Å². The van der Waals surface area contributed by atoms with Crippen LogP contribution in [0, 0.1) is 13.8 Å². The van der Waals surface area contributed by atoms with E-state index in [1.54, 1.807) is 31.2 Å². The largest absolute Gasteiger partial charge is 0.490 e. The quantitative estimate of drug-likeness (QED) is 0.538. The number of tetrazole rings is 1. The van der Waals surface area contributed by atoms with Gasteiger partial charge in [-0.3, -0.25) is 9.69 Å². The van der Waals surface area contributed by atoms with E-state index in [1.165, 1.54) is 11.0 Å². The van der Waals surface area contributed by atoms with Crippen molar-refractivity contribution in [3.8, 4) is 11.4 Å². The van der Waals surface area contributed by atoms with Gasteiger partial charge in [0.05, 0.1) is 12.2 Å². The monoisotopic (exact) mass is 436 g/mol. The SMILES string of the molecule is Cc1cccc(C)c1OCC(O)CN1C(=O)NC(C)(c2cccc(-n3cnnn3)c2)C1=O. The summed E-state index contributed by atoms with van der Waals surface area (Å²) in [5.41, 5.74) is 1.84. The van der Waals surface area contributed by atoms with E-state index in [0.29, 0.717) is 17.0 Å². The van der Waals surface area contributed by atoms with E-state index in [9.17, 15) is 14.7 Å². The number of carbonyl (C=O) groups is 2. The molecule has 1 fully saturated rings. The van der Waals surface area contributed by atoms with Gasteiger partial charge in [0.2, 0.25) is 0 Å². The number of aryl methyl sites for hydroxylation is 2. The van der Waals surface area contributed by atoms with E-state index in [0.717, 1.165) is 16.0 Å². The van der Waals surface area contributed by atoms with Gasteiger partial charge in [0, 0.05) is 0 Å². The second-order valence-corrected chi connectivity index (χ2v) is 7.96. The molecule has 1 aromatic heterocycles. The first-order valence-corrected chi connectivity index (χ1v) is 10.1. The second kappa shape index (κ2) is 8.39. The summed E-state index contributed by atoms with van der Waals surface area (Å²) in [6.45, 7) is 5.24. The van der Waals surface area contributed by atoms with Crippen LogP contribution in [0.1, 0.15) is 23.6 Å². The van der Waals surface area contributed by atoms with Gasteiger partial charge in [0.1, 0.15) is 30.3 Å². The lowest BCUT2D eigenvalue weighted by Gasteiger charge is -2.23. The number of para-hydroxylation sites is 1. The molecule has 0 aliphatic carbocycles. The third-order valence-electron chi connectivity index (χ3n) is 5.53. The van der Waals surface area contributed by atoms with E-state index in [-0.39, 0.29) is 13.2 Å². The molecule has 0 saturated carbocycles. The molecule has 166 valence electrons. The third-order valence-corrected chi connectivity index (χ3v) is 5.53. The van der Waals surface area contributed by atoms with Gasteiger partial charge in [-0.1, -0.05) is 30.3 Å². The third kappa shape index (κ3) is 3.92. The predicted octanol–water partition coefficient (Wildman–Crippen LogP) is 1.49. The Morgan fingerprint density at radius 2 is 1.88 bits per heavy atom. The maximum Gasteiger partial charge on any atom is 0.325 e. The number of hydrogen-bond acceptors (Lipinski definition) is 7. The van der Waals surface area contributed by atoms with Crippen molar-refractivity contribution in [1.29, 1.82) is 0 Å². The summed E-state index contributed by atoms with van der Waals surface area (Å²) in [4.78, 5) is 26.8. The lowest BCUT2D eigenvalue weighted by molar-refractivity contribution is -0.132. The van der Waals surface area contributed by atoms with Crippen molar-refractivity contribution < 1.29 is 19.4 Å². The summed E-state index contributed by atoms with van der Waals surface area (Å²) in [6.07, 6.45) is 0.397. The molecule has 2 aromatic carbocycles. The molecule has 10 heteroatoms. The molecule has 2 heterocycles. The zero-order chi connectivity index (χ0) is 22.9. The van der Waals surface area contributed by atoms with Gasteiger partial charge in [-0.2, -0.15) is 0 Å². The van der Waals surface area contributed by atoms with Crippen LogP contribution in [0.25, 0.3) is 5.69 Å². The molecule has 2 unspecified atom stereocenters. The van der Waals surface area contributed by atoms with Crippen LogP contribution in [-0.4, -0.2) is 61.4 Å². The standard InChI is InChI=1S/C22H24N6O4/c1-14-6-4-7-15(2)19(14)32-12-18(29)11-27-20(30)22(3,24-21(27)31)16-8-5-9-17(10-16)28-13-23-25-26-28/h4-10,13,18,29H,11-12H2,1-3H3,(H,24,31). The summed E-state index contributed by atoms with van der Waals surface area (Å²) >= 11 is 0. The van der Waals surface area contributed by atoms with E-state index >= 15 is 0 Å². The number of aliphatic hydroxyl groups is 1. The highest BCUT2D eigenvalue weighted by Crippen LogP contribution is 2.30. The minimum Gasteiger partial charge on any atom is -0.490 e. The molecule has 2 atom stereocenters. The van der Waals surface area contributed by atoms with Gasteiger partial charge in [-0.15, -0.1) is 5.10 Å². The number of imide groups is 1. The van der Waals surface area contributed by atoms with Crippen molar-refractivity contribution in [2.75, 3.05) is 13.2 Å². The molecule has 1 aliphatic heterocycles. The van der Waals surface area contributed by atoms with Crippen LogP contribution in [0.15, 0.2) is 48.8 Å². The van der Waals surface area contributed by atoms with E-state index in [2.05, 4.69) is 20.8 Å². The molecule has 0 bridgehead atoms. The number of ether oxygens (including phenoxy) is 1. The highest BCUT2D eigenvalue weighted by molar-refractivity contribution is 6.07. The highest BCUT2D eigenvalue weighted by Gasteiger charge is 2.49. The number of nitrogens with zero attached hydrogens (tertiary/aromatic N) is 5. The molecule has 1 aliphatic rings. The fraction of sp³-hybridized carbons (Fsp3) is 0.318. The average Bonchev–Trinajstić information content (AvgIpc) is 3.38. The maximum absolute atomic E-state index is 13.2. The first-order chi connectivity index (χ1) is 15.3. The summed E-state index contributed by atoms with van der Waals surface area (Å²) in [5, 5.41) is 24.3. The van der Waals surface area contributed by atoms with Crippen molar-refractivity contribution in [2.24, 2.45) is 0 Å². The normalized spacial score (nSPS) is 19.2. The number of rotatable bonds is 7. The van der Waals surface area contributed by atoms with E-state index in [4.69, 9.17) is 4.74 Å². The molecule has 0 radical (unpaired) electrons. The molecule has 32 heavy (non-hydrogen) atoms. The van der Waals surface area contributed by atoms with Crippen LogP contribution in [0.2, 0.25) is 0 Å². The molecule has 3 aromatic rings. The fourth-order valence-electron chi connectivity index (χ4n) is 3.77. The zero-order valence-corrected chi connectivity index (χ0v) is 18.0. The summed E-state index contributed by atoms with van der Waals surface area (Å²) in [6, 6.07) is 12.2. The Labute approximate surface area is 184 Å². The topological polar surface area (TPSA) is 122 Å². The van der Waals surface area contributed by atoms with E-state index < -0.39 is 23.6 Å². The molecule has 2 N–H and O–H groups in total. The molecule has 1 saturated heterocycles. The van der Waals surface area contributed by atoms with Gasteiger partial charge in [0.25, 0.3) is 5.91 Å². The first-order valence-electron chi connectivity index (χ1n) is 10.1. The Morgan fingerprint density at radius 1 is 1.16 bits per heavy atom. The molecular formula is C22H24N6O4. The Hall–Kier alpha value is -3.79. The molecular weight excluding hydrogens is 412 g/mol. The lowest BCUT2D eigenvalue weighted by atomic mass is 9.91. The van der Waals surface area contributed by atoms with Crippen molar-refractivity contribution >= 4 is 11.9 Å². The van der Waals surface area contributed by atoms with Crippen molar-refractivity contribution in [3.05, 3.63) is 65.5 Å². The predicted molar refractivity (Wildman–Crippen MR) is 114 cm³/mol. The van der Waals surface area contributed by atoms with Gasteiger partial charge < -0.3 is 15.2 Å². The lowest BCUT2D eigenvalue weighted by Crippen LogP contribution is -2.42. The number of amides is 3. The maximum atomic E-state index is 13.2.